The van der Waals surface area contributed by atoms with Crippen LogP contribution in [-0.2, 0) is 10.5 Å². The Morgan fingerprint density at radius 3 is 2.55 bits per heavy atom. The molecule has 112 valence electrons. The number of carbonyl (C=O) groups is 1. The molecule has 1 aromatic carbocycles. The molecule has 0 saturated heterocycles. The van der Waals surface area contributed by atoms with E-state index in [1.165, 1.54) is 5.56 Å². The minimum Gasteiger partial charge on any atom is -0.396 e. The smallest absolute Gasteiger partial charge is 0.230 e. The highest BCUT2D eigenvalue weighted by molar-refractivity contribution is 7.99. The van der Waals surface area contributed by atoms with Crippen molar-refractivity contribution in [3.63, 3.8) is 0 Å². The van der Waals surface area contributed by atoms with Crippen LogP contribution < -0.4 is 5.32 Å². The Morgan fingerprint density at radius 2 is 1.85 bits per heavy atom. The number of amides is 1. The molecule has 1 rings (SSSR count). The molecule has 1 amide bonds. The number of thioether (sulfide) groups is 1. The van der Waals surface area contributed by atoms with Gasteiger partial charge in [0.25, 0.3) is 0 Å². The van der Waals surface area contributed by atoms with Crippen molar-refractivity contribution in [1.82, 2.24) is 5.32 Å². The standard InChI is InChI=1S/C15H22ClNO2S/c16-14-7-5-13(6-8-14)11-20-12-15(19)17-9-3-1-2-4-10-18/h5-8,18H,1-4,9-12H2,(H,17,19). The number of halogens is 1. The zero-order chi connectivity index (χ0) is 14.6. The summed E-state index contributed by atoms with van der Waals surface area (Å²) in [4.78, 5) is 11.6. The molecule has 0 radical (unpaired) electrons. The zero-order valence-electron chi connectivity index (χ0n) is 11.6. The highest BCUT2D eigenvalue weighted by atomic mass is 35.5. The molecular weight excluding hydrogens is 294 g/mol. The van der Waals surface area contributed by atoms with Gasteiger partial charge in [-0.05, 0) is 30.5 Å². The second-order valence-electron chi connectivity index (χ2n) is 4.61. The molecule has 0 atom stereocenters. The highest BCUT2D eigenvalue weighted by Gasteiger charge is 2.01. The van der Waals surface area contributed by atoms with Crippen LogP contribution in [0, 0.1) is 0 Å². The van der Waals surface area contributed by atoms with Crippen LogP contribution in [0.2, 0.25) is 5.02 Å². The van der Waals surface area contributed by atoms with Gasteiger partial charge in [0.1, 0.15) is 0 Å². The van der Waals surface area contributed by atoms with Crippen molar-refractivity contribution in [2.75, 3.05) is 18.9 Å². The summed E-state index contributed by atoms with van der Waals surface area (Å²) in [5, 5.41) is 12.3. The van der Waals surface area contributed by atoms with Crippen LogP contribution in [0.5, 0.6) is 0 Å². The van der Waals surface area contributed by atoms with Gasteiger partial charge in [0, 0.05) is 23.9 Å². The van der Waals surface area contributed by atoms with Gasteiger partial charge in [0.05, 0.1) is 5.75 Å². The van der Waals surface area contributed by atoms with Crippen LogP contribution in [0.1, 0.15) is 31.2 Å². The van der Waals surface area contributed by atoms with Gasteiger partial charge in [0.2, 0.25) is 5.91 Å². The lowest BCUT2D eigenvalue weighted by Crippen LogP contribution is -2.26. The first kappa shape index (κ1) is 17.3. The van der Waals surface area contributed by atoms with Gasteiger partial charge >= 0.3 is 0 Å². The summed E-state index contributed by atoms with van der Waals surface area (Å²) < 4.78 is 0. The third-order valence-corrected chi connectivity index (χ3v) is 4.08. The number of aliphatic hydroxyl groups excluding tert-OH is 1. The van der Waals surface area contributed by atoms with E-state index in [1.54, 1.807) is 11.8 Å². The van der Waals surface area contributed by atoms with Crippen LogP contribution in [0.15, 0.2) is 24.3 Å². The van der Waals surface area contributed by atoms with E-state index in [-0.39, 0.29) is 12.5 Å². The number of hydrogen-bond acceptors (Lipinski definition) is 3. The maximum atomic E-state index is 11.6. The minimum atomic E-state index is 0.0890. The summed E-state index contributed by atoms with van der Waals surface area (Å²) in [5.41, 5.74) is 1.18. The summed E-state index contributed by atoms with van der Waals surface area (Å²) in [5.74, 6) is 1.39. The van der Waals surface area contributed by atoms with Gasteiger partial charge < -0.3 is 10.4 Å². The lowest BCUT2D eigenvalue weighted by atomic mass is 10.2. The summed E-state index contributed by atoms with van der Waals surface area (Å²) in [6, 6.07) is 7.69. The Labute approximate surface area is 130 Å². The Morgan fingerprint density at radius 1 is 1.15 bits per heavy atom. The van der Waals surface area contributed by atoms with Gasteiger partial charge in [-0.1, -0.05) is 36.6 Å². The Hall–Kier alpha value is -0.710. The molecule has 20 heavy (non-hydrogen) atoms. The normalized spacial score (nSPS) is 10.5. The summed E-state index contributed by atoms with van der Waals surface area (Å²) in [6.45, 7) is 0.986. The number of carbonyl (C=O) groups excluding carboxylic acids is 1. The molecule has 0 aliphatic heterocycles. The molecule has 3 nitrogen and oxygen atoms in total. The van der Waals surface area contributed by atoms with Crippen LogP contribution in [0.25, 0.3) is 0 Å². The molecular formula is C15H22ClNO2S. The molecule has 0 fully saturated rings. The van der Waals surface area contributed by atoms with Gasteiger partial charge in [-0.15, -0.1) is 11.8 Å². The average molecular weight is 316 g/mol. The van der Waals surface area contributed by atoms with E-state index in [2.05, 4.69) is 5.32 Å². The first-order chi connectivity index (χ1) is 9.72. The summed E-state index contributed by atoms with van der Waals surface area (Å²) in [7, 11) is 0. The largest absolute Gasteiger partial charge is 0.396 e. The Balaban J connectivity index is 2.01. The molecule has 0 bridgehead atoms. The topological polar surface area (TPSA) is 49.3 Å². The second kappa shape index (κ2) is 11.0. The summed E-state index contributed by atoms with van der Waals surface area (Å²) in [6.07, 6.45) is 3.91. The van der Waals surface area contributed by atoms with Gasteiger partial charge in [-0.3, -0.25) is 4.79 Å². The van der Waals surface area contributed by atoms with E-state index in [4.69, 9.17) is 16.7 Å². The van der Waals surface area contributed by atoms with Gasteiger partial charge in [-0.25, -0.2) is 0 Å². The number of aliphatic hydroxyl groups is 1. The van der Waals surface area contributed by atoms with E-state index in [0.717, 1.165) is 43.0 Å². The predicted molar refractivity (Wildman–Crippen MR) is 86.2 cm³/mol. The van der Waals surface area contributed by atoms with Crippen molar-refractivity contribution in [3.8, 4) is 0 Å². The number of benzene rings is 1. The zero-order valence-corrected chi connectivity index (χ0v) is 13.2. The quantitative estimate of drug-likeness (QED) is 0.652. The molecule has 0 aromatic heterocycles. The first-order valence-corrected chi connectivity index (χ1v) is 8.45. The maximum Gasteiger partial charge on any atom is 0.230 e. The SMILES string of the molecule is O=C(CSCc1ccc(Cl)cc1)NCCCCCCO. The molecule has 0 aliphatic carbocycles. The molecule has 5 heteroatoms. The van der Waals surface area contributed by atoms with Crippen molar-refractivity contribution in [2.24, 2.45) is 0 Å². The fourth-order valence-corrected chi connectivity index (χ4v) is 2.66. The monoisotopic (exact) mass is 315 g/mol. The Kier molecular flexibility index (Phi) is 9.54. The van der Waals surface area contributed by atoms with E-state index < -0.39 is 0 Å². The molecule has 0 aliphatic rings. The lowest BCUT2D eigenvalue weighted by molar-refractivity contribution is -0.118. The van der Waals surface area contributed by atoms with Crippen molar-refractivity contribution in [3.05, 3.63) is 34.9 Å². The lowest BCUT2D eigenvalue weighted by Gasteiger charge is -2.05. The maximum absolute atomic E-state index is 11.6. The molecule has 2 N–H and O–H groups in total. The van der Waals surface area contributed by atoms with E-state index in [0.29, 0.717) is 5.75 Å². The molecule has 0 saturated carbocycles. The predicted octanol–water partition coefficient (Wildman–Crippen LogP) is 3.24. The summed E-state index contributed by atoms with van der Waals surface area (Å²) >= 11 is 7.42. The highest BCUT2D eigenvalue weighted by Crippen LogP contribution is 2.15. The van der Waals surface area contributed by atoms with E-state index in [1.807, 2.05) is 24.3 Å². The van der Waals surface area contributed by atoms with Gasteiger partial charge in [0.15, 0.2) is 0 Å². The van der Waals surface area contributed by atoms with Crippen LogP contribution in [0.4, 0.5) is 0 Å². The molecule has 1 aromatic rings. The number of unbranched alkanes of at least 4 members (excludes halogenated alkanes) is 3. The fraction of sp³-hybridized carbons (Fsp3) is 0.533. The Bertz CT molecular complexity index is 384. The van der Waals surface area contributed by atoms with Gasteiger partial charge in [-0.2, -0.15) is 0 Å². The average Bonchev–Trinajstić information content (AvgIpc) is 2.45. The molecule has 0 unspecified atom stereocenters. The third kappa shape index (κ3) is 8.46. The number of nitrogens with one attached hydrogen (secondary N) is 1. The van der Waals surface area contributed by atoms with Crippen molar-refractivity contribution < 1.29 is 9.90 Å². The minimum absolute atomic E-state index is 0.0890. The fourth-order valence-electron chi connectivity index (χ4n) is 1.71. The van der Waals surface area contributed by atoms with Crippen molar-refractivity contribution in [1.29, 1.82) is 0 Å². The van der Waals surface area contributed by atoms with E-state index >= 15 is 0 Å². The molecule has 0 spiro atoms. The number of hydrogen-bond donors (Lipinski definition) is 2. The van der Waals surface area contributed by atoms with Crippen LogP contribution in [-0.4, -0.2) is 29.9 Å². The van der Waals surface area contributed by atoms with Crippen molar-refractivity contribution >= 4 is 29.3 Å². The van der Waals surface area contributed by atoms with E-state index in [9.17, 15) is 4.79 Å². The third-order valence-electron chi connectivity index (χ3n) is 2.82. The second-order valence-corrected chi connectivity index (χ2v) is 6.03. The van der Waals surface area contributed by atoms with Crippen molar-refractivity contribution in [2.45, 2.75) is 31.4 Å². The number of rotatable bonds is 10. The first-order valence-electron chi connectivity index (χ1n) is 6.92. The van der Waals surface area contributed by atoms with Crippen LogP contribution in [0.3, 0.4) is 0 Å². The molecule has 0 heterocycles. The van der Waals surface area contributed by atoms with Crippen LogP contribution >= 0.6 is 23.4 Å².